The fourth-order valence-corrected chi connectivity index (χ4v) is 2.11. The van der Waals surface area contributed by atoms with Gasteiger partial charge in [0.25, 0.3) is 0 Å². The minimum atomic E-state index is -0.713. The van der Waals surface area contributed by atoms with E-state index in [1.165, 1.54) is 12.3 Å². The molecular formula is C17H27FN4O3. The van der Waals surface area contributed by atoms with E-state index in [4.69, 9.17) is 4.74 Å². The Kier molecular flexibility index (Phi) is 9.64. The van der Waals surface area contributed by atoms with E-state index in [1.54, 1.807) is 11.0 Å². The van der Waals surface area contributed by atoms with Crippen LogP contribution in [-0.2, 0) is 16.1 Å². The maximum Gasteiger partial charge on any atom is 0.338 e. The quantitative estimate of drug-likeness (QED) is 0.590. The molecule has 0 radical (unpaired) electrons. The zero-order valence-corrected chi connectivity index (χ0v) is 15.1. The Morgan fingerprint density at radius 1 is 1.32 bits per heavy atom. The van der Waals surface area contributed by atoms with Crippen LogP contribution in [-0.4, -0.2) is 80.2 Å². The summed E-state index contributed by atoms with van der Waals surface area (Å²) in [4.78, 5) is 31.8. The molecule has 0 spiro atoms. The maximum absolute atomic E-state index is 12.2. The molecule has 7 nitrogen and oxygen atoms in total. The first-order valence-electron chi connectivity index (χ1n) is 8.29. The Morgan fingerprint density at radius 2 is 2.08 bits per heavy atom. The van der Waals surface area contributed by atoms with Crippen molar-refractivity contribution in [1.82, 2.24) is 20.1 Å². The van der Waals surface area contributed by atoms with Crippen LogP contribution >= 0.6 is 0 Å². The molecule has 1 heterocycles. The van der Waals surface area contributed by atoms with Crippen LogP contribution in [0.4, 0.5) is 4.39 Å². The molecule has 0 fully saturated rings. The number of hydrogen-bond donors (Lipinski definition) is 1. The average Bonchev–Trinajstić information content (AvgIpc) is 2.60. The van der Waals surface area contributed by atoms with Crippen LogP contribution in [0.25, 0.3) is 0 Å². The summed E-state index contributed by atoms with van der Waals surface area (Å²) in [6.45, 7) is 3.66. The second-order valence-corrected chi connectivity index (χ2v) is 5.74. The van der Waals surface area contributed by atoms with E-state index in [9.17, 15) is 14.0 Å². The van der Waals surface area contributed by atoms with Crippen molar-refractivity contribution in [3.8, 4) is 0 Å². The molecule has 0 saturated heterocycles. The summed E-state index contributed by atoms with van der Waals surface area (Å²) >= 11 is 0. The fraction of sp³-hybridized carbons (Fsp3) is 0.588. The van der Waals surface area contributed by atoms with Crippen LogP contribution in [0.2, 0.25) is 0 Å². The molecule has 0 unspecified atom stereocenters. The van der Waals surface area contributed by atoms with Crippen molar-refractivity contribution in [1.29, 1.82) is 0 Å². The molecule has 0 aliphatic rings. The van der Waals surface area contributed by atoms with Gasteiger partial charge in [0.2, 0.25) is 5.91 Å². The highest BCUT2D eigenvalue weighted by Gasteiger charge is 2.12. The zero-order chi connectivity index (χ0) is 18.7. The molecule has 0 saturated carbocycles. The van der Waals surface area contributed by atoms with Crippen molar-refractivity contribution in [2.75, 3.05) is 53.6 Å². The number of pyridine rings is 1. The molecule has 25 heavy (non-hydrogen) atoms. The van der Waals surface area contributed by atoms with Crippen LogP contribution in [0.15, 0.2) is 18.3 Å². The van der Waals surface area contributed by atoms with E-state index in [-0.39, 0.29) is 19.1 Å². The van der Waals surface area contributed by atoms with Crippen LogP contribution in [0.1, 0.15) is 23.0 Å². The van der Waals surface area contributed by atoms with Crippen molar-refractivity contribution >= 4 is 11.9 Å². The summed E-state index contributed by atoms with van der Waals surface area (Å²) in [7, 11) is 3.93. The Bertz CT molecular complexity index is 554. The number of rotatable bonds is 11. The lowest BCUT2D eigenvalue weighted by atomic mass is 10.2. The molecule has 1 rings (SSSR count). The smallest absolute Gasteiger partial charge is 0.338 e. The topological polar surface area (TPSA) is 74.8 Å². The van der Waals surface area contributed by atoms with Crippen molar-refractivity contribution in [2.45, 2.75) is 13.5 Å². The molecule has 0 aliphatic carbocycles. The lowest BCUT2D eigenvalue weighted by Gasteiger charge is -2.23. The molecule has 0 aromatic carbocycles. The molecule has 0 bridgehead atoms. The molecule has 1 aromatic rings. The second-order valence-electron chi connectivity index (χ2n) is 5.74. The van der Waals surface area contributed by atoms with E-state index in [1.807, 2.05) is 25.9 Å². The van der Waals surface area contributed by atoms with Crippen molar-refractivity contribution in [2.24, 2.45) is 0 Å². The second kappa shape index (κ2) is 11.5. The molecule has 0 atom stereocenters. The Morgan fingerprint density at radius 3 is 2.72 bits per heavy atom. The summed E-state index contributed by atoms with van der Waals surface area (Å²) < 4.78 is 16.8. The van der Waals surface area contributed by atoms with Gasteiger partial charge >= 0.3 is 5.97 Å². The number of nitrogens with zero attached hydrogens (tertiary/aromatic N) is 3. The number of carbonyl (C=O) groups excluding carboxylic acids is 2. The fourth-order valence-electron chi connectivity index (χ4n) is 2.11. The summed E-state index contributed by atoms with van der Waals surface area (Å²) in [5.74, 6) is -0.568. The van der Waals surface area contributed by atoms with Crippen LogP contribution in [0.3, 0.4) is 0 Å². The van der Waals surface area contributed by atoms with Gasteiger partial charge in [-0.15, -0.1) is 0 Å². The van der Waals surface area contributed by atoms with Crippen molar-refractivity contribution < 1.29 is 18.7 Å². The van der Waals surface area contributed by atoms with Gasteiger partial charge in [-0.3, -0.25) is 9.78 Å². The number of carbonyl (C=O) groups is 2. The molecule has 1 aromatic heterocycles. The van der Waals surface area contributed by atoms with E-state index >= 15 is 0 Å². The first-order valence-corrected chi connectivity index (χ1v) is 8.29. The number of alkyl halides is 1. The van der Waals surface area contributed by atoms with Crippen LogP contribution in [0, 0.1) is 0 Å². The maximum atomic E-state index is 12.2. The molecule has 8 heteroatoms. The number of ether oxygens (including phenoxy) is 1. The first kappa shape index (κ1) is 21.0. The third kappa shape index (κ3) is 8.04. The van der Waals surface area contributed by atoms with Gasteiger partial charge < -0.3 is 19.9 Å². The normalized spacial score (nSPS) is 10.8. The predicted octanol–water partition coefficient (Wildman–Crippen LogP) is 0.708. The highest BCUT2D eigenvalue weighted by atomic mass is 19.1. The number of amides is 1. The van der Waals surface area contributed by atoms with Crippen molar-refractivity contribution in [3.63, 3.8) is 0 Å². The molecule has 140 valence electrons. The van der Waals surface area contributed by atoms with E-state index in [0.717, 1.165) is 6.54 Å². The lowest BCUT2D eigenvalue weighted by Crippen LogP contribution is -2.41. The van der Waals surface area contributed by atoms with E-state index in [2.05, 4.69) is 10.3 Å². The summed E-state index contributed by atoms with van der Waals surface area (Å²) in [6.07, 6.45) is 1.49. The number of hydrogen-bond acceptors (Lipinski definition) is 6. The molecular weight excluding hydrogens is 327 g/mol. The average molecular weight is 354 g/mol. The van der Waals surface area contributed by atoms with Gasteiger partial charge in [-0.2, -0.15) is 0 Å². The Hall–Kier alpha value is -2.06. The van der Waals surface area contributed by atoms with Gasteiger partial charge in [0, 0.05) is 32.4 Å². The zero-order valence-electron chi connectivity index (χ0n) is 15.1. The number of esters is 1. The van der Waals surface area contributed by atoms with Crippen LogP contribution in [0.5, 0.6) is 0 Å². The molecule has 1 N–H and O–H groups in total. The summed E-state index contributed by atoms with van der Waals surface area (Å²) in [5.41, 5.74) is 0.923. The number of aromatic nitrogens is 1. The monoisotopic (exact) mass is 354 g/mol. The highest BCUT2D eigenvalue weighted by molar-refractivity contribution is 5.89. The SMILES string of the molecule is CCN(CCN(C)C)C(=O)CNCc1cc(C(=O)OCCF)ccn1. The van der Waals surface area contributed by atoms with Crippen LogP contribution < -0.4 is 5.32 Å². The third-order valence-corrected chi connectivity index (χ3v) is 3.50. The minimum Gasteiger partial charge on any atom is -0.459 e. The van der Waals surface area contributed by atoms with Crippen molar-refractivity contribution in [3.05, 3.63) is 29.6 Å². The molecule has 0 aliphatic heterocycles. The van der Waals surface area contributed by atoms with E-state index < -0.39 is 12.6 Å². The van der Waals surface area contributed by atoms with Gasteiger partial charge in [0.05, 0.1) is 17.8 Å². The van der Waals surface area contributed by atoms with E-state index in [0.29, 0.717) is 30.9 Å². The van der Waals surface area contributed by atoms with Gasteiger partial charge in [0.15, 0.2) is 0 Å². The Balaban J connectivity index is 2.47. The number of halogens is 1. The van der Waals surface area contributed by atoms with Gasteiger partial charge in [0.1, 0.15) is 13.3 Å². The lowest BCUT2D eigenvalue weighted by molar-refractivity contribution is -0.130. The first-order chi connectivity index (χ1) is 12.0. The number of nitrogens with one attached hydrogen (secondary N) is 1. The summed E-state index contributed by atoms with van der Waals surface area (Å²) in [6, 6.07) is 3.08. The summed E-state index contributed by atoms with van der Waals surface area (Å²) in [5, 5.41) is 3.03. The largest absolute Gasteiger partial charge is 0.459 e. The van der Waals surface area contributed by atoms with Gasteiger partial charge in [-0.1, -0.05) is 0 Å². The highest BCUT2D eigenvalue weighted by Crippen LogP contribution is 2.04. The third-order valence-electron chi connectivity index (χ3n) is 3.50. The minimum absolute atomic E-state index is 0.0165. The standard InChI is InChI=1S/C17H27FN4O3/c1-4-22(9-8-21(2)3)16(23)13-19-12-15-11-14(5-7-20-15)17(24)25-10-6-18/h5,7,11,19H,4,6,8-10,12-13H2,1-3H3. The molecule has 1 amide bonds. The number of likely N-dealkylation sites (N-methyl/N-ethyl adjacent to an activating group) is 2. The van der Waals surface area contributed by atoms with Gasteiger partial charge in [-0.05, 0) is 33.2 Å². The predicted molar refractivity (Wildman–Crippen MR) is 93.0 cm³/mol. The Labute approximate surface area is 148 Å². The van der Waals surface area contributed by atoms with Gasteiger partial charge in [-0.25, -0.2) is 9.18 Å².